The van der Waals surface area contributed by atoms with Crippen molar-refractivity contribution in [2.45, 2.75) is 17.9 Å². The van der Waals surface area contributed by atoms with Gasteiger partial charge < -0.3 is 0 Å². The lowest BCUT2D eigenvalue weighted by molar-refractivity contribution is 0.643. The maximum absolute atomic E-state index is 3.48. The molecular formula is C12H15BrS2. The Morgan fingerprint density at radius 3 is 2.33 bits per heavy atom. The zero-order valence-electron chi connectivity index (χ0n) is 8.78. The summed E-state index contributed by atoms with van der Waals surface area (Å²) >= 11 is 7.68. The second kappa shape index (κ2) is 5.65. The van der Waals surface area contributed by atoms with Gasteiger partial charge in [0.25, 0.3) is 0 Å². The first-order valence-corrected chi connectivity index (χ1v) is 8.17. The molecule has 1 aliphatic rings. The number of benzene rings is 1. The third-order valence-corrected chi connectivity index (χ3v) is 6.51. The summed E-state index contributed by atoms with van der Waals surface area (Å²) in [7, 11) is 0. The minimum absolute atomic E-state index is 0.654. The van der Waals surface area contributed by atoms with Crippen LogP contribution in [0.5, 0.6) is 0 Å². The predicted molar refractivity (Wildman–Crippen MR) is 75.6 cm³/mol. The minimum Gasteiger partial charge on any atom is -0.142 e. The van der Waals surface area contributed by atoms with Crippen LogP contribution in [0.4, 0.5) is 0 Å². The van der Waals surface area contributed by atoms with Gasteiger partial charge in [-0.3, -0.25) is 0 Å². The molecule has 0 bridgehead atoms. The van der Waals surface area contributed by atoms with E-state index < -0.39 is 0 Å². The van der Waals surface area contributed by atoms with Gasteiger partial charge in [0.05, 0.1) is 4.58 Å². The van der Waals surface area contributed by atoms with Crippen molar-refractivity contribution in [3.05, 3.63) is 34.3 Å². The maximum atomic E-state index is 3.48. The van der Waals surface area contributed by atoms with Gasteiger partial charge in [-0.1, -0.05) is 41.4 Å². The van der Waals surface area contributed by atoms with Crippen molar-refractivity contribution >= 4 is 39.5 Å². The lowest BCUT2D eigenvalue weighted by atomic mass is 10.2. The molecule has 0 saturated carbocycles. The van der Waals surface area contributed by atoms with Crippen LogP contribution in [0.15, 0.2) is 28.7 Å². The predicted octanol–water partition coefficient (Wildman–Crippen LogP) is 4.95. The lowest BCUT2D eigenvalue weighted by Gasteiger charge is -2.27. The largest absolute Gasteiger partial charge is 0.142 e. The van der Waals surface area contributed by atoms with E-state index in [0.717, 1.165) is 5.92 Å². The normalized spacial score (nSPS) is 26.5. The summed E-state index contributed by atoms with van der Waals surface area (Å²) in [6.45, 7) is 2.30. The van der Waals surface area contributed by atoms with E-state index in [-0.39, 0.29) is 0 Å². The van der Waals surface area contributed by atoms with E-state index in [1.807, 2.05) is 0 Å². The molecule has 1 saturated heterocycles. The van der Waals surface area contributed by atoms with E-state index in [0.29, 0.717) is 4.58 Å². The van der Waals surface area contributed by atoms with Gasteiger partial charge in [0, 0.05) is 4.47 Å². The first-order chi connectivity index (χ1) is 7.29. The van der Waals surface area contributed by atoms with Crippen molar-refractivity contribution in [1.82, 2.24) is 0 Å². The number of thioether (sulfide) groups is 2. The highest BCUT2D eigenvalue weighted by molar-refractivity contribution is 9.10. The van der Waals surface area contributed by atoms with Crippen LogP contribution in [-0.4, -0.2) is 11.5 Å². The summed E-state index contributed by atoms with van der Waals surface area (Å²) in [5.74, 6) is 3.57. The lowest BCUT2D eigenvalue weighted by Crippen LogP contribution is -2.12. The third-order valence-electron chi connectivity index (χ3n) is 2.69. The summed E-state index contributed by atoms with van der Waals surface area (Å²) < 4.78 is 1.82. The molecule has 15 heavy (non-hydrogen) atoms. The summed E-state index contributed by atoms with van der Waals surface area (Å²) in [6, 6.07) is 8.76. The van der Waals surface area contributed by atoms with Gasteiger partial charge in [0.1, 0.15) is 0 Å². The second-order valence-electron chi connectivity index (χ2n) is 3.82. The van der Waals surface area contributed by atoms with Crippen LogP contribution in [0.2, 0.25) is 0 Å². The highest BCUT2D eigenvalue weighted by Gasteiger charge is 2.21. The van der Waals surface area contributed by atoms with Crippen LogP contribution in [0, 0.1) is 5.92 Å². The van der Waals surface area contributed by atoms with Crippen molar-refractivity contribution < 1.29 is 0 Å². The number of rotatable bonds is 2. The van der Waals surface area contributed by atoms with Crippen molar-refractivity contribution in [2.24, 2.45) is 5.92 Å². The summed E-state index contributed by atoms with van der Waals surface area (Å²) in [5, 5.41) is 0. The fourth-order valence-corrected chi connectivity index (χ4v) is 5.16. The van der Waals surface area contributed by atoms with Gasteiger partial charge in [0.15, 0.2) is 0 Å². The Kier molecular flexibility index (Phi) is 4.47. The molecule has 0 aromatic heterocycles. The fraction of sp³-hybridized carbons (Fsp3) is 0.500. The van der Waals surface area contributed by atoms with Gasteiger partial charge in [-0.2, -0.15) is 0 Å². The van der Waals surface area contributed by atoms with Crippen LogP contribution < -0.4 is 0 Å². The topological polar surface area (TPSA) is 0 Å². The smallest absolute Gasteiger partial charge is 0.0751 e. The molecule has 1 aromatic carbocycles. The molecule has 0 radical (unpaired) electrons. The van der Waals surface area contributed by atoms with Crippen molar-refractivity contribution in [3.8, 4) is 0 Å². The molecule has 1 heterocycles. The quantitative estimate of drug-likeness (QED) is 0.758. The van der Waals surface area contributed by atoms with E-state index in [1.165, 1.54) is 28.0 Å². The molecule has 1 aliphatic heterocycles. The number of hydrogen-bond donors (Lipinski definition) is 0. The van der Waals surface area contributed by atoms with Crippen molar-refractivity contribution in [2.75, 3.05) is 11.5 Å². The monoisotopic (exact) mass is 302 g/mol. The van der Waals surface area contributed by atoms with Crippen LogP contribution in [0.25, 0.3) is 0 Å². The minimum atomic E-state index is 0.654. The summed E-state index contributed by atoms with van der Waals surface area (Å²) in [6.07, 6.45) is 1.33. The summed E-state index contributed by atoms with van der Waals surface area (Å²) in [5.41, 5.74) is 1.46. The van der Waals surface area contributed by atoms with Gasteiger partial charge in [-0.25, -0.2) is 0 Å². The third kappa shape index (κ3) is 3.18. The van der Waals surface area contributed by atoms with Crippen molar-refractivity contribution in [1.29, 1.82) is 0 Å². The molecule has 0 unspecified atom stereocenters. The number of hydrogen-bond acceptors (Lipinski definition) is 2. The standard InChI is InChI=1S/C12H15BrS2/c1-2-9-7-14-12(15-8-9)10-3-5-11(13)6-4-10/h3-6,9,12H,2,7-8H2,1H3. The molecule has 2 rings (SSSR count). The van der Waals surface area contributed by atoms with Crippen LogP contribution >= 0.6 is 39.5 Å². The van der Waals surface area contributed by atoms with Crippen LogP contribution in [0.1, 0.15) is 23.5 Å². The fourth-order valence-electron chi connectivity index (χ4n) is 1.59. The molecule has 0 aliphatic carbocycles. The SMILES string of the molecule is CCC1CSC(c2ccc(Br)cc2)SC1. The highest BCUT2D eigenvalue weighted by atomic mass is 79.9. The van der Waals surface area contributed by atoms with Crippen LogP contribution in [-0.2, 0) is 0 Å². The Hall–Kier alpha value is 0.400. The molecular weight excluding hydrogens is 288 g/mol. The van der Waals surface area contributed by atoms with Gasteiger partial charge in [0.2, 0.25) is 0 Å². The molecule has 1 aromatic rings. The first-order valence-electron chi connectivity index (χ1n) is 5.28. The van der Waals surface area contributed by atoms with Crippen molar-refractivity contribution in [3.63, 3.8) is 0 Å². The Morgan fingerprint density at radius 2 is 1.80 bits per heavy atom. The molecule has 0 amide bonds. The molecule has 1 fully saturated rings. The first kappa shape index (κ1) is 11.9. The van der Waals surface area contributed by atoms with Gasteiger partial charge in [-0.15, -0.1) is 23.5 Å². The highest BCUT2D eigenvalue weighted by Crippen LogP contribution is 2.46. The average Bonchev–Trinajstić information content (AvgIpc) is 2.30. The molecule has 0 spiro atoms. The van der Waals surface area contributed by atoms with Crippen LogP contribution in [0.3, 0.4) is 0 Å². The Balaban J connectivity index is 1.98. The molecule has 82 valence electrons. The molecule has 3 heteroatoms. The average molecular weight is 303 g/mol. The Morgan fingerprint density at radius 1 is 1.20 bits per heavy atom. The maximum Gasteiger partial charge on any atom is 0.0751 e. The van der Waals surface area contributed by atoms with E-state index in [9.17, 15) is 0 Å². The zero-order chi connectivity index (χ0) is 10.7. The molecule has 0 atom stereocenters. The van der Waals surface area contributed by atoms with E-state index in [1.54, 1.807) is 0 Å². The molecule has 0 nitrogen and oxygen atoms in total. The van der Waals surface area contributed by atoms with Gasteiger partial charge >= 0.3 is 0 Å². The zero-order valence-corrected chi connectivity index (χ0v) is 12.0. The Bertz CT molecular complexity index is 302. The van der Waals surface area contributed by atoms with E-state index >= 15 is 0 Å². The van der Waals surface area contributed by atoms with E-state index in [2.05, 4.69) is 70.6 Å². The van der Waals surface area contributed by atoms with E-state index in [4.69, 9.17) is 0 Å². The Labute approximate surface area is 109 Å². The van der Waals surface area contributed by atoms with Gasteiger partial charge in [-0.05, 0) is 35.1 Å². The summed E-state index contributed by atoms with van der Waals surface area (Å²) in [4.78, 5) is 0. The number of halogens is 1. The second-order valence-corrected chi connectivity index (χ2v) is 7.31. The molecule has 0 N–H and O–H groups in total.